The average molecular weight is 145 g/mol. The smallest absolute Gasteiger partial charge is 0.0667 e. The van der Waals surface area contributed by atoms with E-state index in [1.165, 1.54) is 0 Å². The van der Waals surface area contributed by atoms with Crippen LogP contribution in [0, 0.1) is 0 Å². The van der Waals surface area contributed by atoms with Crippen LogP contribution in [0.25, 0.3) is 0 Å². The van der Waals surface area contributed by atoms with Gasteiger partial charge in [-0.15, -0.1) is 0 Å². The molecule has 1 N–H and O–H groups in total. The van der Waals surface area contributed by atoms with Crippen LogP contribution >= 0.6 is 0 Å². The number of rotatable bonds is 0. The highest BCUT2D eigenvalue weighted by Gasteiger charge is 2.12. The molecule has 0 spiro atoms. The Labute approximate surface area is 63.8 Å². The Morgan fingerprint density at radius 2 is 2.00 bits per heavy atom. The van der Waals surface area contributed by atoms with Crippen LogP contribution in [-0.4, -0.2) is 36.2 Å². The monoisotopic (exact) mass is 145 g/mol. The van der Waals surface area contributed by atoms with Crippen molar-refractivity contribution in [2.75, 3.05) is 20.1 Å². The molecular formula is C8H19NO. The Balaban J connectivity index is 0.000000371. The fourth-order valence-corrected chi connectivity index (χ4v) is 1.14. The Morgan fingerprint density at radius 3 is 2.30 bits per heavy atom. The summed E-state index contributed by atoms with van der Waals surface area (Å²) < 4.78 is 0. The fourth-order valence-electron chi connectivity index (χ4n) is 1.14. The van der Waals surface area contributed by atoms with Crippen LogP contribution in [0.3, 0.4) is 0 Å². The quantitative estimate of drug-likeness (QED) is 0.551. The molecule has 2 heteroatoms. The molecule has 0 saturated carbocycles. The highest BCUT2D eigenvalue weighted by Crippen LogP contribution is 2.06. The molecule has 0 bridgehead atoms. The predicted octanol–water partition coefficient (Wildman–Crippen LogP) is 1.10. The molecular weight excluding hydrogens is 126 g/mol. The lowest BCUT2D eigenvalue weighted by atomic mass is 10.1. The van der Waals surface area contributed by atoms with Crippen molar-refractivity contribution in [3.8, 4) is 0 Å². The maximum atomic E-state index is 9.04. The topological polar surface area (TPSA) is 23.5 Å². The van der Waals surface area contributed by atoms with E-state index in [1.807, 2.05) is 20.9 Å². The third kappa shape index (κ3) is 3.85. The molecule has 1 aliphatic rings. The minimum absolute atomic E-state index is 0.0613. The van der Waals surface area contributed by atoms with Crippen molar-refractivity contribution in [1.82, 2.24) is 4.90 Å². The van der Waals surface area contributed by atoms with Crippen LogP contribution in [0.4, 0.5) is 0 Å². The number of piperidine rings is 1. The van der Waals surface area contributed by atoms with Crippen molar-refractivity contribution in [3.63, 3.8) is 0 Å². The van der Waals surface area contributed by atoms with Gasteiger partial charge in [0, 0.05) is 6.54 Å². The molecule has 1 heterocycles. The molecule has 2 nitrogen and oxygen atoms in total. The first-order chi connectivity index (χ1) is 4.79. The van der Waals surface area contributed by atoms with Gasteiger partial charge in [0.25, 0.3) is 0 Å². The minimum Gasteiger partial charge on any atom is -0.392 e. The first kappa shape index (κ1) is 9.92. The van der Waals surface area contributed by atoms with Gasteiger partial charge in [0.15, 0.2) is 0 Å². The summed E-state index contributed by atoms with van der Waals surface area (Å²) in [5.74, 6) is 0. The number of β-amino-alcohol motifs (C(OH)–C–C–N with tert-alkyl or cyclic N) is 1. The summed E-state index contributed by atoms with van der Waals surface area (Å²) in [4.78, 5) is 2.16. The summed E-state index contributed by atoms with van der Waals surface area (Å²) in [5, 5.41) is 9.04. The van der Waals surface area contributed by atoms with Gasteiger partial charge in [0.05, 0.1) is 6.10 Å². The van der Waals surface area contributed by atoms with E-state index in [9.17, 15) is 0 Å². The molecule has 1 unspecified atom stereocenters. The zero-order valence-corrected chi connectivity index (χ0v) is 7.30. The summed E-state index contributed by atoms with van der Waals surface area (Å²) >= 11 is 0. The van der Waals surface area contributed by atoms with Crippen LogP contribution < -0.4 is 0 Å². The van der Waals surface area contributed by atoms with Gasteiger partial charge in [-0.05, 0) is 26.4 Å². The molecule has 1 saturated heterocycles. The molecule has 1 aliphatic heterocycles. The Morgan fingerprint density at radius 1 is 1.40 bits per heavy atom. The summed E-state index contributed by atoms with van der Waals surface area (Å²) in [5.41, 5.74) is 0. The third-order valence-corrected chi connectivity index (χ3v) is 1.60. The van der Waals surface area contributed by atoms with Gasteiger partial charge in [-0.2, -0.15) is 0 Å². The zero-order valence-electron chi connectivity index (χ0n) is 7.30. The van der Waals surface area contributed by atoms with E-state index in [4.69, 9.17) is 5.11 Å². The fraction of sp³-hybridized carbons (Fsp3) is 1.00. The highest BCUT2D eigenvalue weighted by molar-refractivity contribution is 4.67. The third-order valence-electron chi connectivity index (χ3n) is 1.60. The molecule has 1 rings (SSSR count). The normalized spacial score (nSPS) is 27.0. The number of likely N-dealkylation sites (N-methyl/N-ethyl adjacent to an activating group) is 1. The van der Waals surface area contributed by atoms with Crippen molar-refractivity contribution < 1.29 is 5.11 Å². The first-order valence-corrected chi connectivity index (χ1v) is 4.15. The standard InChI is InChI=1S/C6H13NO.C2H6/c1-7-4-2-3-6(8)5-7;1-2/h6,8H,2-5H2,1H3;1-2H3. The van der Waals surface area contributed by atoms with Crippen molar-refractivity contribution in [3.05, 3.63) is 0 Å². The minimum atomic E-state index is -0.0613. The van der Waals surface area contributed by atoms with E-state index in [1.54, 1.807) is 0 Å². The van der Waals surface area contributed by atoms with E-state index in [-0.39, 0.29) is 6.10 Å². The van der Waals surface area contributed by atoms with Gasteiger partial charge < -0.3 is 10.0 Å². The van der Waals surface area contributed by atoms with Crippen molar-refractivity contribution in [2.24, 2.45) is 0 Å². The molecule has 1 fully saturated rings. The lowest BCUT2D eigenvalue weighted by molar-refractivity contribution is 0.0846. The van der Waals surface area contributed by atoms with E-state index in [0.29, 0.717) is 0 Å². The van der Waals surface area contributed by atoms with Crippen molar-refractivity contribution >= 4 is 0 Å². The van der Waals surface area contributed by atoms with Crippen LogP contribution in [0.2, 0.25) is 0 Å². The number of aliphatic hydroxyl groups is 1. The molecule has 62 valence electrons. The molecule has 0 radical (unpaired) electrons. The number of hydrogen-bond donors (Lipinski definition) is 1. The largest absolute Gasteiger partial charge is 0.392 e. The van der Waals surface area contributed by atoms with Crippen LogP contribution in [0.5, 0.6) is 0 Å². The molecule has 10 heavy (non-hydrogen) atoms. The second-order valence-corrected chi connectivity index (χ2v) is 2.56. The summed E-state index contributed by atoms with van der Waals surface area (Å²) in [6.45, 7) is 6.01. The van der Waals surface area contributed by atoms with Crippen molar-refractivity contribution in [1.29, 1.82) is 0 Å². The first-order valence-electron chi connectivity index (χ1n) is 4.15. The van der Waals surface area contributed by atoms with Crippen molar-refractivity contribution in [2.45, 2.75) is 32.8 Å². The van der Waals surface area contributed by atoms with Gasteiger partial charge >= 0.3 is 0 Å². The van der Waals surface area contributed by atoms with Gasteiger partial charge in [-0.1, -0.05) is 13.8 Å². The second-order valence-electron chi connectivity index (χ2n) is 2.56. The van der Waals surface area contributed by atoms with Gasteiger partial charge in [-0.25, -0.2) is 0 Å². The summed E-state index contributed by atoms with van der Waals surface area (Å²) in [6, 6.07) is 0. The Kier molecular flexibility index (Phi) is 5.64. The predicted molar refractivity (Wildman–Crippen MR) is 44.1 cm³/mol. The zero-order chi connectivity index (χ0) is 7.98. The van der Waals surface area contributed by atoms with Crippen LogP contribution in [0.1, 0.15) is 26.7 Å². The number of likely N-dealkylation sites (tertiary alicyclic amines) is 1. The van der Waals surface area contributed by atoms with E-state index >= 15 is 0 Å². The summed E-state index contributed by atoms with van der Waals surface area (Å²) in [6.07, 6.45) is 2.08. The Hall–Kier alpha value is -0.0800. The molecule has 0 aromatic rings. The van der Waals surface area contributed by atoms with E-state index < -0.39 is 0 Å². The highest BCUT2D eigenvalue weighted by atomic mass is 16.3. The maximum absolute atomic E-state index is 9.04. The molecule has 0 aromatic heterocycles. The average Bonchev–Trinajstić information content (AvgIpc) is 1.91. The van der Waals surface area contributed by atoms with E-state index in [0.717, 1.165) is 25.9 Å². The second kappa shape index (κ2) is 5.69. The van der Waals surface area contributed by atoms with Gasteiger partial charge in [0.1, 0.15) is 0 Å². The SMILES string of the molecule is CC.CN1CCCC(O)C1. The van der Waals surface area contributed by atoms with E-state index in [2.05, 4.69) is 4.90 Å². The number of aliphatic hydroxyl groups excluding tert-OH is 1. The van der Waals surface area contributed by atoms with Gasteiger partial charge in [-0.3, -0.25) is 0 Å². The number of nitrogens with zero attached hydrogens (tertiary/aromatic N) is 1. The maximum Gasteiger partial charge on any atom is 0.0667 e. The number of hydrogen-bond acceptors (Lipinski definition) is 2. The molecule has 1 atom stereocenters. The van der Waals surface area contributed by atoms with Gasteiger partial charge in [0.2, 0.25) is 0 Å². The van der Waals surface area contributed by atoms with Crippen LogP contribution in [-0.2, 0) is 0 Å². The lowest BCUT2D eigenvalue weighted by Crippen LogP contribution is -2.34. The molecule has 0 amide bonds. The molecule has 0 aromatic carbocycles. The van der Waals surface area contributed by atoms with Crippen LogP contribution in [0.15, 0.2) is 0 Å². The lowest BCUT2D eigenvalue weighted by Gasteiger charge is -2.25. The Bertz CT molecular complexity index is 67.7. The summed E-state index contributed by atoms with van der Waals surface area (Å²) in [7, 11) is 2.04. The molecule has 0 aliphatic carbocycles.